The lowest BCUT2D eigenvalue weighted by atomic mass is 9.56. The van der Waals surface area contributed by atoms with Crippen molar-refractivity contribution in [2.75, 3.05) is 60.5 Å². The zero-order chi connectivity index (χ0) is 18.0. The zero-order valence-corrected chi connectivity index (χ0v) is 16.4. The Morgan fingerprint density at radius 3 is 2.42 bits per heavy atom. The Morgan fingerprint density at radius 2 is 1.88 bits per heavy atom. The summed E-state index contributed by atoms with van der Waals surface area (Å²) in [4.78, 5) is 19.1. The van der Waals surface area contributed by atoms with E-state index in [4.69, 9.17) is 4.74 Å². The molecule has 1 heterocycles. The molecule has 2 atom stereocenters. The topological polar surface area (TPSA) is 48.1 Å². The van der Waals surface area contributed by atoms with Crippen LogP contribution in [0, 0.1) is 5.41 Å². The Morgan fingerprint density at radius 1 is 1.25 bits per heavy atom. The van der Waals surface area contributed by atoms with E-state index in [9.17, 15) is 4.79 Å². The summed E-state index contributed by atoms with van der Waals surface area (Å²) in [6.45, 7) is 12.9. The van der Waals surface area contributed by atoms with E-state index in [-0.39, 0.29) is 23.1 Å². The van der Waals surface area contributed by atoms with E-state index in [2.05, 4.69) is 42.9 Å². The summed E-state index contributed by atoms with van der Waals surface area (Å²) in [5.41, 5.74) is -0.191. The quantitative estimate of drug-likeness (QED) is 0.795. The second-order valence-corrected chi connectivity index (χ2v) is 8.28. The van der Waals surface area contributed by atoms with Crippen molar-refractivity contribution in [3.63, 3.8) is 0 Å². The summed E-state index contributed by atoms with van der Waals surface area (Å²) in [6, 6.07) is 0.208. The van der Waals surface area contributed by atoms with E-state index >= 15 is 0 Å². The Bertz CT molecular complexity index is 435. The van der Waals surface area contributed by atoms with Crippen LogP contribution >= 0.6 is 0 Å². The maximum Gasteiger partial charge on any atom is 0.317 e. The highest BCUT2D eigenvalue weighted by molar-refractivity contribution is 5.74. The second kappa shape index (κ2) is 7.58. The van der Waals surface area contributed by atoms with Crippen LogP contribution in [-0.2, 0) is 4.74 Å². The second-order valence-electron chi connectivity index (χ2n) is 8.28. The Labute approximate surface area is 147 Å². The third kappa shape index (κ3) is 4.03. The molecule has 0 spiro atoms. The van der Waals surface area contributed by atoms with Crippen LogP contribution in [0.15, 0.2) is 0 Å². The van der Waals surface area contributed by atoms with E-state index in [0.29, 0.717) is 0 Å². The highest BCUT2D eigenvalue weighted by atomic mass is 16.5. The van der Waals surface area contributed by atoms with Gasteiger partial charge in [0.15, 0.2) is 0 Å². The molecule has 0 aromatic heterocycles. The smallest absolute Gasteiger partial charge is 0.317 e. The van der Waals surface area contributed by atoms with Crippen LogP contribution < -0.4 is 5.32 Å². The minimum absolute atomic E-state index is 0.0320. The van der Waals surface area contributed by atoms with Gasteiger partial charge in [-0.1, -0.05) is 13.8 Å². The van der Waals surface area contributed by atoms with E-state index in [0.717, 1.165) is 52.1 Å². The van der Waals surface area contributed by atoms with Gasteiger partial charge in [0.25, 0.3) is 0 Å². The van der Waals surface area contributed by atoms with Crippen molar-refractivity contribution in [3.8, 4) is 0 Å². The molecule has 24 heavy (non-hydrogen) atoms. The number of ether oxygens (including phenoxy) is 1. The van der Waals surface area contributed by atoms with Gasteiger partial charge in [-0.15, -0.1) is 0 Å². The highest BCUT2D eigenvalue weighted by Gasteiger charge is 2.58. The fraction of sp³-hybridized carbons (Fsp3) is 0.944. The molecule has 6 nitrogen and oxygen atoms in total. The minimum atomic E-state index is -0.148. The van der Waals surface area contributed by atoms with Crippen LogP contribution in [0.2, 0.25) is 0 Å². The Balaban J connectivity index is 1.68. The maximum absolute atomic E-state index is 12.4. The number of rotatable bonds is 6. The van der Waals surface area contributed by atoms with Crippen molar-refractivity contribution in [3.05, 3.63) is 0 Å². The lowest BCUT2D eigenvalue weighted by Gasteiger charge is -2.59. The van der Waals surface area contributed by atoms with Gasteiger partial charge in [0.2, 0.25) is 0 Å². The molecular weight excluding hydrogens is 304 g/mol. The number of likely N-dealkylation sites (N-methyl/N-ethyl adjacent to an activating group) is 1. The normalized spacial score (nSPS) is 30.7. The molecule has 6 heteroatoms. The molecule has 1 aliphatic heterocycles. The molecule has 2 rings (SSSR count). The van der Waals surface area contributed by atoms with Gasteiger partial charge in [-0.2, -0.15) is 0 Å². The number of hydrogen-bond acceptors (Lipinski definition) is 4. The largest absolute Gasteiger partial charge is 0.378 e. The predicted octanol–water partition coefficient (Wildman–Crippen LogP) is 1.47. The van der Waals surface area contributed by atoms with Crippen LogP contribution in [0.1, 0.15) is 33.6 Å². The van der Waals surface area contributed by atoms with E-state index < -0.39 is 0 Å². The number of amides is 2. The molecule has 1 aliphatic carbocycles. The first-order valence-corrected chi connectivity index (χ1v) is 9.17. The lowest BCUT2D eigenvalue weighted by molar-refractivity contribution is -0.177. The molecule has 1 saturated heterocycles. The standard InChI is InChI=1S/C18H36N4O2/c1-17(2)15(14-18(17,3)24-6)19-16(23)21(5)8-7-9-22-12-10-20(4)11-13-22/h15H,7-14H2,1-6H3,(H,19,23)/t15-,18-/m1/s1. The number of carbonyl (C=O) groups is 1. The number of carbonyl (C=O) groups excluding carboxylic acids is 1. The summed E-state index contributed by atoms with van der Waals surface area (Å²) in [6.07, 6.45) is 1.90. The first kappa shape index (κ1) is 19.5. The number of urea groups is 1. The molecule has 1 N–H and O–H groups in total. The van der Waals surface area contributed by atoms with Crippen molar-refractivity contribution in [2.24, 2.45) is 5.41 Å². The van der Waals surface area contributed by atoms with Crippen LogP contribution in [0.5, 0.6) is 0 Å². The molecular formula is C18H36N4O2. The summed E-state index contributed by atoms with van der Waals surface area (Å²) < 4.78 is 5.63. The highest BCUT2D eigenvalue weighted by Crippen LogP contribution is 2.51. The van der Waals surface area contributed by atoms with Gasteiger partial charge in [-0.25, -0.2) is 4.79 Å². The molecule has 0 aromatic carbocycles. The number of nitrogens with zero attached hydrogens (tertiary/aromatic N) is 3. The Hall–Kier alpha value is -0.850. The maximum atomic E-state index is 12.4. The van der Waals surface area contributed by atoms with Gasteiger partial charge >= 0.3 is 6.03 Å². The third-order valence-electron chi connectivity index (χ3n) is 6.49. The van der Waals surface area contributed by atoms with Gasteiger partial charge < -0.3 is 24.8 Å². The van der Waals surface area contributed by atoms with E-state index in [1.54, 1.807) is 7.11 Å². The molecule has 0 bridgehead atoms. The Kier molecular flexibility index (Phi) is 6.15. The summed E-state index contributed by atoms with van der Waals surface area (Å²) in [5.74, 6) is 0. The summed E-state index contributed by atoms with van der Waals surface area (Å²) >= 11 is 0. The van der Waals surface area contributed by atoms with Crippen molar-refractivity contribution in [1.29, 1.82) is 0 Å². The molecule has 2 amide bonds. The summed E-state index contributed by atoms with van der Waals surface area (Å²) in [7, 11) is 5.82. The molecule has 0 aromatic rings. The van der Waals surface area contributed by atoms with Crippen LogP contribution in [0.3, 0.4) is 0 Å². The molecule has 0 unspecified atom stereocenters. The fourth-order valence-corrected chi connectivity index (χ4v) is 3.69. The van der Waals surface area contributed by atoms with Gasteiger partial charge in [0, 0.05) is 58.3 Å². The number of methoxy groups -OCH3 is 1. The zero-order valence-electron chi connectivity index (χ0n) is 16.4. The minimum Gasteiger partial charge on any atom is -0.378 e. The average molecular weight is 341 g/mol. The van der Waals surface area contributed by atoms with Gasteiger partial charge in [-0.3, -0.25) is 0 Å². The van der Waals surface area contributed by atoms with Gasteiger partial charge in [-0.05, 0) is 33.4 Å². The number of nitrogens with one attached hydrogen (secondary N) is 1. The molecule has 2 aliphatic rings. The van der Waals surface area contributed by atoms with E-state index in [1.165, 1.54) is 0 Å². The molecule has 140 valence electrons. The monoisotopic (exact) mass is 340 g/mol. The fourth-order valence-electron chi connectivity index (χ4n) is 3.69. The molecule has 0 radical (unpaired) electrons. The predicted molar refractivity (Wildman–Crippen MR) is 97.3 cm³/mol. The van der Waals surface area contributed by atoms with Crippen LogP contribution in [-0.4, -0.2) is 92.8 Å². The first-order chi connectivity index (χ1) is 11.2. The first-order valence-electron chi connectivity index (χ1n) is 9.17. The van der Waals surface area contributed by atoms with Crippen molar-refractivity contribution in [1.82, 2.24) is 20.0 Å². The summed E-state index contributed by atoms with van der Waals surface area (Å²) in [5, 5.41) is 3.18. The lowest BCUT2D eigenvalue weighted by Crippen LogP contribution is -2.69. The average Bonchev–Trinajstić information content (AvgIpc) is 2.55. The molecule has 2 fully saturated rings. The van der Waals surface area contributed by atoms with Gasteiger partial charge in [0.05, 0.1) is 5.60 Å². The van der Waals surface area contributed by atoms with Crippen molar-refractivity contribution >= 4 is 6.03 Å². The van der Waals surface area contributed by atoms with Crippen LogP contribution in [0.25, 0.3) is 0 Å². The number of hydrogen-bond donors (Lipinski definition) is 1. The third-order valence-corrected chi connectivity index (χ3v) is 6.49. The molecule has 1 saturated carbocycles. The number of piperazine rings is 1. The SMILES string of the molecule is CO[C@]1(C)C[C@@H](NC(=O)N(C)CCCN2CCN(C)CC2)C1(C)C. The van der Waals surface area contributed by atoms with Crippen molar-refractivity contribution in [2.45, 2.75) is 45.3 Å². The van der Waals surface area contributed by atoms with Crippen molar-refractivity contribution < 1.29 is 9.53 Å². The van der Waals surface area contributed by atoms with E-state index in [1.807, 2.05) is 11.9 Å². The van der Waals surface area contributed by atoms with Crippen LogP contribution in [0.4, 0.5) is 4.79 Å². The van der Waals surface area contributed by atoms with Gasteiger partial charge in [0.1, 0.15) is 0 Å².